The number of phenolic OH excluding ortho intramolecular Hbond substituents is 2. The Kier molecular flexibility index (Phi) is 11.4. The lowest BCUT2D eigenvalue weighted by molar-refractivity contribution is 0.442. The molecule has 1 aromatic heterocycles. The Bertz CT molecular complexity index is 3100. The van der Waals surface area contributed by atoms with Crippen LogP contribution in [0.25, 0.3) is 44.8 Å². The maximum atomic E-state index is 12.0. The molecule has 3 heterocycles. The fourth-order valence-electron chi connectivity index (χ4n) is 10.4. The first-order chi connectivity index (χ1) is 32.6. The average molecular weight is 927 g/mol. The van der Waals surface area contributed by atoms with Crippen molar-refractivity contribution in [1.29, 1.82) is 0 Å². The second kappa shape index (κ2) is 16.5. The van der Waals surface area contributed by atoms with Crippen LogP contribution in [0.2, 0.25) is 0 Å². The van der Waals surface area contributed by atoms with Gasteiger partial charge in [0, 0.05) is 55.3 Å². The highest BCUT2D eigenvalue weighted by Gasteiger charge is 2.41. The van der Waals surface area contributed by atoms with E-state index in [2.05, 4.69) is 226 Å². The molecule has 70 heavy (non-hydrogen) atoms. The molecule has 6 aromatic carbocycles. The largest absolute Gasteiger partial charge is 0.507 e. The molecule has 0 saturated heterocycles. The first kappa shape index (κ1) is 48.4. The Balaban J connectivity index is 1.08. The Morgan fingerprint density at radius 3 is 1.10 bits per heavy atom. The van der Waals surface area contributed by atoms with Crippen molar-refractivity contribution in [2.24, 2.45) is 9.98 Å². The number of rotatable bonds is 6. The van der Waals surface area contributed by atoms with E-state index < -0.39 is 10.8 Å². The number of benzene rings is 6. The van der Waals surface area contributed by atoms with E-state index in [-0.39, 0.29) is 21.7 Å². The number of aromatic nitrogens is 2. The van der Waals surface area contributed by atoms with Gasteiger partial charge in [-0.25, -0.2) is 9.97 Å². The minimum absolute atomic E-state index is 0.115. The Hall–Kier alpha value is -6.66. The van der Waals surface area contributed by atoms with Crippen LogP contribution in [0, 0.1) is 0 Å². The second-order valence-electron chi connectivity index (χ2n) is 24.9. The summed E-state index contributed by atoms with van der Waals surface area (Å²) in [6, 6.07) is 40.6. The van der Waals surface area contributed by atoms with E-state index in [0.717, 1.165) is 101 Å². The van der Waals surface area contributed by atoms with Crippen molar-refractivity contribution in [3.8, 4) is 56.3 Å². The summed E-state index contributed by atoms with van der Waals surface area (Å²) in [5.74, 6) is 0.614. The van der Waals surface area contributed by atoms with Gasteiger partial charge in [-0.15, -0.1) is 0 Å². The Morgan fingerprint density at radius 2 is 0.743 bits per heavy atom. The molecule has 0 aliphatic carbocycles. The standard InChI is InChI=1S/C64H70N4O2/c1-59(2,3)41-31-45(55(69)49(33-41)61(7,8)9)57-63(13,14)47-27-19-25-43(53(47)67-57)37-21-17-23-39(29-37)51-35-52(66-36-65-51)40-24-18-22-38(30-40)44-26-20-28-48-54(44)68-58(64(48,15)16)46-32-42(60(4,5)6)34-50(56(46)70)62(10,11)12/h17-36,69-70H,1-16H3. The van der Waals surface area contributed by atoms with Gasteiger partial charge in [0.25, 0.3) is 0 Å². The van der Waals surface area contributed by atoms with E-state index in [1.54, 1.807) is 6.33 Å². The van der Waals surface area contributed by atoms with Gasteiger partial charge in [0.2, 0.25) is 0 Å². The summed E-state index contributed by atoms with van der Waals surface area (Å²) >= 11 is 0. The fraction of sp³-hybridized carbons (Fsp3) is 0.344. The van der Waals surface area contributed by atoms with E-state index in [0.29, 0.717) is 11.5 Å². The van der Waals surface area contributed by atoms with Gasteiger partial charge in [-0.3, -0.25) is 9.98 Å². The number of phenols is 2. The predicted molar refractivity (Wildman–Crippen MR) is 293 cm³/mol. The van der Waals surface area contributed by atoms with Gasteiger partial charge in [-0.1, -0.05) is 196 Å². The molecule has 7 aromatic rings. The van der Waals surface area contributed by atoms with Crippen molar-refractivity contribution in [3.05, 3.63) is 166 Å². The third kappa shape index (κ3) is 8.37. The van der Waals surface area contributed by atoms with Crippen LogP contribution < -0.4 is 0 Å². The van der Waals surface area contributed by atoms with Gasteiger partial charge in [-0.05, 0) is 85.4 Å². The Labute approximate surface area is 416 Å². The molecule has 0 fully saturated rings. The summed E-state index contributed by atoms with van der Waals surface area (Å²) < 4.78 is 0. The molecule has 6 nitrogen and oxygen atoms in total. The van der Waals surface area contributed by atoms with E-state index in [4.69, 9.17) is 20.0 Å². The summed E-state index contributed by atoms with van der Waals surface area (Å²) in [5, 5.41) is 24.0. The van der Waals surface area contributed by atoms with Crippen LogP contribution in [0.4, 0.5) is 11.4 Å². The monoisotopic (exact) mass is 927 g/mol. The third-order valence-electron chi connectivity index (χ3n) is 14.7. The number of hydrogen-bond donors (Lipinski definition) is 2. The zero-order chi connectivity index (χ0) is 50.7. The molecule has 0 amide bonds. The van der Waals surface area contributed by atoms with Crippen LogP contribution >= 0.6 is 0 Å². The van der Waals surface area contributed by atoms with Crippen LogP contribution in [0.3, 0.4) is 0 Å². The van der Waals surface area contributed by atoms with Gasteiger partial charge in [0.15, 0.2) is 0 Å². The van der Waals surface area contributed by atoms with Crippen molar-refractivity contribution in [1.82, 2.24) is 9.97 Å². The highest BCUT2D eigenvalue weighted by Crippen LogP contribution is 2.52. The normalized spacial score (nSPS) is 15.4. The minimum atomic E-state index is -0.454. The summed E-state index contributed by atoms with van der Waals surface area (Å²) in [4.78, 5) is 20.5. The van der Waals surface area contributed by atoms with Crippen LogP contribution in [0.15, 0.2) is 132 Å². The Morgan fingerprint density at radius 1 is 0.386 bits per heavy atom. The number of para-hydroxylation sites is 2. The quantitative estimate of drug-likeness (QED) is 0.174. The van der Waals surface area contributed by atoms with Crippen molar-refractivity contribution < 1.29 is 10.2 Å². The van der Waals surface area contributed by atoms with E-state index >= 15 is 0 Å². The second-order valence-corrected chi connectivity index (χ2v) is 24.9. The molecule has 0 atom stereocenters. The van der Waals surface area contributed by atoms with Gasteiger partial charge < -0.3 is 10.2 Å². The van der Waals surface area contributed by atoms with Crippen LogP contribution in [-0.2, 0) is 32.5 Å². The summed E-state index contributed by atoms with van der Waals surface area (Å²) in [5.41, 5.74) is 17.7. The zero-order valence-corrected chi connectivity index (χ0v) is 44.2. The molecule has 9 rings (SSSR count). The first-order valence-corrected chi connectivity index (χ1v) is 24.8. The van der Waals surface area contributed by atoms with E-state index in [9.17, 15) is 10.2 Å². The molecular weight excluding hydrogens is 857 g/mol. The molecule has 0 saturated carbocycles. The van der Waals surface area contributed by atoms with Gasteiger partial charge in [0.05, 0.1) is 34.2 Å². The van der Waals surface area contributed by atoms with E-state index in [1.807, 2.05) is 0 Å². The molecular formula is C64H70N4O2. The lowest BCUT2D eigenvalue weighted by Gasteiger charge is -2.30. The van der Waals surface area contributed by atoms with Gasteiger partial charge in [0.1, 0.15) is 17.8 Å². The molecule has 0 bridgehead atoms. The fourth-order valence-corrected chi connectivity index (χ4v) is 10.4. The molecule has 358 valence electrons. The molecule has 0 unspecified atom stereocenters. The smallest absolute Gasteiger partial charge is 0.128 e. The summed E-state index contributed by atoms with van der Waals surface area (Å²) in [6.07, 6.45) is 1.65. The number of nitrogens with zero attached hydrogens (tertiary/aromatic N) is 4. The zero-order valence-electron chi connectivity index (χ0n) is 44.2. The molecule has 0 spiro atoms. The van der Waals surface area contributed by atoms with Crippen LogP contribution in [0.5, 0.6) is 11.5 Å². The van der Waals surface area contributed by atoms with Crippen LogP contribution in [0.1, 0.15) is 155 Å². The van der Waals surface area contributed by atoms with Crippen molar-refractivity contribution in [2.45, 2.75) is 143 Å². The lowest BCUT2D eigenvalue weighted by Crippen LogP contribution is -2.28. The van der Waals surface area contributed by atoms with Crippen molar-refractivity contribution in [2.75, 3.05) is 0 Å². The molecule has 2 aliphatic heterocycles. The van der Waals surface area contributed by atoms with Crippen LogP contribution in [-0.4, -0.2) is 31.6 Å². The number of fused-ring (bicyclic) bond motifs is 2. The third-order valence-corrected chi connectivity index (χ3v) is 14.7. The van der Waals surface area contributed by atoms with Crippen molar-refractivity contribution in [3.63, 3.8) is 0 Å². The minimum Gasteiger partial charge on any atom is -0.507 e. The number of aromatic hydroxyl groups is 2. The maximum Gasteiger partial charge on any atom is 0.128 e. The van der Waals surface area contributed by atoms with Crippen molar-refractivity contribution >= 4 is 22.8 Å². The lowest BCUT2D eigenvalue weighted by atomic mass is 9.74. The number of aliphatic imine (C=N–C) groups is 2. The highest BCUT2D eigenvalue weighted by atomic mass is 16.3. The van der Waals surface area contributed by atoms with E-state index in [1.165, 1.54) is 11.1 Å². The molecule has 2 N–H and O–H groups in total. The molecule has 6 heteroatoms. The predicted octanol–water partition coefficient (Wildman–Crippen LogP) is 16.6. The first-order valence-electron chi connectivity index (χ1n) is 24.8. The summed E-state index contributed by atoms with van der Waals surface area (Å²) in [7, 11) is 0. The maximum absolute atomic E-state index is 12.0. The number of hydrogen-bond acceptors (Lipinski definition) is 6. The highest BCUT2D eigenvalue weighted by molar-refractivity contribution is 6.16. The molecule has 2 aliphatic rings. The SMILES string of the molecule is CC(C)(C)c1cc(C2=Nc3c(-c4cccc(-c5cc(-c6cccc(-c7cccc8c7N=C(c7cc(C(C)(C)C)cc(C(C)(C)C)c7O)C8(C)C)c6)ncn5)c4)cccc3C2(C)C)c(O)c(C(C)(C)C)c1. The summed E-state index contributed by atoms with van der Waals surface area (Å²) in [6.45, 7) is 35.1. The molecule has 0 radical (unpaired) electrons. The van der Waals surface area contributed by atoms with Gasteiger partial charge in [-0.2, -0.15) is 0 Å². The average Bonchev–Trinajstić information content (AvgIpc) is 3.72. The topological polar surface area (TPSA) is 91.0 Å². The van der Waals surface area contributed by atoms with Gasteiger partial charge >= 0.3 is 0 Å².